The first-order chi connectivity index (χ1) is 7.65. The molecule has 0 aliphatic rings. The lowest BCUT2D eigenvalue weighted by atomic mass is 10.2. The number of likely N-dealkylation sites (N-methyl/N-ethyl adjacent to an activating group) is 1. The molecule has 0 atom stereocenters. The maximum absolute atomic E-state index is 13.2. The number of nitrogens with zero attached hydrogens (tertiary/aromatic N) is 1. The van der Waals surface area contributed by atoms with Crippen molar-refractivity contribution in [2.24, 2.45) is 0 Å². The third kappa shape index (κ3) is 4.20. The molecule has 0 aliphatic heterocycles. The van der Waals surface area contributed by atoms with E-state index in [1.807, 2.05) is 20.0 Å². The molecule has 0 N–H and O–H groups in total. The van der Waals surface area contributed by atoms with Gasteiger partial charge in [0.1, 0.15) is 5.82 Å². The molecule has 2 nitrogen and oxygen atoms in total. The highest BCUT2D eigenvalue weighted by Gasteiger charge is 2.07. The van der Waals surface area contributed by atoms with Gasteiger partial charge in [0.2, 0.25) is 0 Å². The molecular formula is C12H17BrFNO. The molecule has 0 bridgehead atoms. The molecule has 16 heavy (non-hydrogen) atoms. The van der Waals surface area contributed by atoms with Crippen LogP contribution in [0.15, 0.2) is 22.7 Å². The fourth-order valence-corrected chi connectivity index (χ4v) is 1.79. The number of ether oxygens (including phenoxy) is 1. The summed E-state index contributed by atoms with van der Waals surface area (Å²) >= 11 is 3.26. The molecule has 0 fully saturated rings. The Bertz CT molecular complexity index is 333. The second-order valence-electron chi connectivity index (χ2n) is 3.65. The molecule has 0 aromatic heterocycles. The highest BCUT2D eigenvalue weighted by molar-refractivity contribution is 9.10. The van der Waals surface area contributed by atoms with E-state index in [-0.39, 0.29) is 5.82 Å². The average Bonchev–Trinajstić information content (AvgIpc) is 2.25. The Balaban J connectivity index is 2.49. The van der Waals surface area contributed by atoms with Crippen LogP contribution in [0.3, 0.4) is 0 Å². The molecule has 0 amide bonds. The van der Waals surface area contributed by atoms with Gasteiger partial charge in [0.15, 0.2) is 0 Å². The van der Waals surface area contributed by atoms with Crippen molar-refractivity contribution in [3.05, 3.63) is 34.1 Å². The number of halogens is 2. The Morgan fingerprint density at radius 3 is 2.88 bits per heavy atom. The lowest BCUT2D eigenvalue weighted by Gasteiger charge is -2.17. The third-order valence-corrected chi connectivity index (χ3v) is 3.18. The monoisotopic (exact) mass is 289 g/mol. The number of rotatable bonds is 6. The molecule has 1 aromatic carbocycles. The van der Waals surface area contributed by atoms with Gasteiger partial charge in [0.05, 0.1) is 11.1 Å². The van der Waals surface area contributed by atoms with Crippen LogP contribution < -0.4 is 0 Å². The normalized spacial score (nSPS) is 11.1. The van der Waals surface area contributed by atoms with Gasteiger partial charge in [0, 0.05) is 19.7 Å². The van der Waals surface area contributed by atoms with E-state index in [4.69, 9.17) is 4.74 Å². The lowest BCUT2D eigenvalue weighted by Crippen LogP contribution is -2.23. The van der Waals surface area contributed by atoms with Crippen molar-refractivity contribution >= 4 is 15.9 Å². The second kappa shape index (κ2) is 6.99. The Labute approximate surface area is 105 Å². The zero-order chi connectivity index (χ0) is 12.0. The summed E-state index contributed by atoms with van der Waals surface area (Å²) in [6.07, 6.45) is 0. The van der Waals surface area contributed by atoms with Crippen LogP contribution in [0.25, 0.3) is 0 Å². The van der Waals surface area contributed by atoms with Crippen molar-refractivity contribution in [1.82, 2.24) is 4.90 Å². The third-order valence-electron chi connectivity index (χ3n) is 2.29. The molecule has 1 rings (SSSR count). The van der Waals surface area contributed by atoms with Gasteiger partial charge in [-0.15, -0.1) is 0 Å². The average molecular weight is 290 g/mol. The van der Waals surface area contributed by atoms with Gasteiger partial charge in [-0.1, -0.05) is 12.1 Å². The number of benzene rings is 1. The van der Waals surface area contributed by atoms with Gasteiger partial charge in [-0.25, -0.2) is 4.39 Å². The van der Waals surface area contributed by atoms with Crippen LogP contribution in [0.5, 0.6) is 0 Å². The summed E-state index contributed by atoms with van der Waals surface area (Å²) in [4.78, 5) is 2.11. The molecule has 4 heteroatoms. The Morgan fingerprint density at radius 2 is 2.19 bits per heavy atom. The van der Waals surface area contributed by atoms with Crippen molar-refractivity contribution < 1.29 is 9.13 Å². The van der Waals surface area contributed by atoms with Crippen LogP contribution >= 0.6 is 15.9 Å². The van der Waals surface area contributed by atoms with E-state index in [1.165, 1.54) is 6.07 Å². The summed E-state index contributed by atoms with van der Waals surface area (Å²) in [5.41, 5.74) is 0.957. The predicted octanol–water partition coefficient (Wildman–Crippen LogP) is 3.06. The standard InChI is InChI=1S/C12H17BrFNO/c1-3-16-8-7-15(2)9-10-5-4-6-11(14)12(10)13/h4-6H,3,7-9H2,1-2H3. The summed E-state index contributed by atoms with van der Waals surface area (Å²) in [5.74, 6) is -0.212. The van der Waals surface area contributed by atoms with Crippen molar-refractivity contribution in [2.45, 2.75) is 13.5 Å². The molecule has 0 aliphatic carbocycles. The molecule has 0 spiro atoms. The predicted molar refractivity (Wildman–Crippen MR) is 66.9 cm³/mol. The van der Waals surface area contributed by atoms with Crippen LogP contribution in [0.2, 0.25) is 0 Å². The summed E-state index contributed by atoms with van der Waals surface area (Å²) in [6, 6.07) is 5.10. The van der Waals surface area contributed by atoms with E-state index in [1.54, 1.807) is 6.07 Å². The smallest absolute Gasteiger partial charge is 0.137 e. The lowest BCUT2D eigenvalue weighted by molar-refractivity contribution is 0.120. The first-order valence-corrected chi connectivity index (χ1v) is 6.13. The van der Waals surface area contributed by atoms with Crippen molar-refractivity contribution in [3.63, 3.8) is 0 Å². The molecular weight excluding hydrogens is 273 g/mol. The Morgan fingerprint density at radius 1 is 1.44 bits per heavy atom. The maximum Gasteiger partial charge on any atom is 0.137 e. The molecule has 0 radical (unpaired) electrons. The van der Waals surface area contributed by atoms with Gasteiger partial charge in [0.25, 0.3) is 0 Å². The van der Waals surface area contributed by atoms with Gasteiger partial charge >= 0.3 is 0 Å². The van der Waals surface area contributed by atoms with E-state index in [2.05, 4.69) is 20.8 Å². The second-order valence-corrected chi connectivity index (χ2v) is 4.44. The highest BCUT2D eigenvalue weighted by atomic mass is 79.9. The quantitative estimate of drug-likeness (QED) is 0.747. The fourth-order valence-electron chi connectivity index (χ4n) is 1.41. The zero-order valence-corrected chi connectivity index (χ0v) is 11.3. The van der Waals surface area contributed by atoms with Crippen LogP contribution in [-0.4, -0.2) is 31.7 Å². The van der Waals surface area contributed by atoms with Gasteiger partial charge < -0.3 is 4.74 Å². The summed E-state index contributed by atoms with van der Waals surface area (Å²) in [7, 11) is 2.00. The van der Waals surface area contributed by atoms with Crippen LogP contribution in [0.4, 0.5) is 4.39 Å². The summed E-state index contributed by atoms with van der Waals surface area (Å²) in [6.45, 7) is 4.98. The van der Waals surface area contributed by atoms with E-state index >= 15 is 0 Å². The highest BCUT2D eigenvalue weighted by Crippen LogP contribution is 2.21. The van der Waals surface area contributed by atoms with E-state index in [9.17, 15) is 4.39 Å². The van der Waals surface area contributed by atoms with E-state index in [0.29, 0.717) is 17.6 Å². The SMILES string of the molecule is CCOCCN(C)Cc1cccc(F)c1Br. The number of hydrogen-bond donors (Lipinski definition) is 0. The van der Waals surface area contributed by atoms with Crippen molar-refractivity contribution in [3.8, 4) is 0 Å². The molecule has 1 aromatic rings. The molecule has 0 unspecified atom stereocenters. The Kier molecular flexibility index (Phi) is 5.95. The molecule has 90 valence electrons. The molecule has 0 saturated carbocycles. The first-order valence-electron chi connectivity index (χ1n) is 5.34. The maximum atomic E-state index is 13.2. The van der Waals surface area contributed by atoms with E-state index in [0.717, 1.165) is 18.7 Å². The van der Waals surface area contributed by atoms with E-state index < -0.39 is 0 Å². The van der Waals surface area contributed by atoms with Crippen LogP contribution in [0.1, 0.15) is 12.5 Å². The zero-order valence-electron chi connectivity index (χ0n) is 9.67. The molecule has 0 saturated heterocycles. The van der Waals surface area contributed by atoms with Gasteiger partial charge in [-0.3, -0.25) is 4.90 Å². The van der Waals surface area contributed by atoms with Crippen molar-refractivity contribution in [2.75, 3.05) is 26.8 Å². The largest absolute Gasteiger partial charge is 0.380 e. The van der Waals surface area contributed by atoms with Crippen molar-refractivity contribution in [1.29, 1.82) is 0 Å². The number of hydrogen-bond acceptors (Lipinski definition) is 2. The Hall–Kier alpha value is -0.450. The summed E-state index contributed by atoms with van der Waals surface area (Å²) < 4.78 is 19.1. The fraction of sp³-hybridized carbons (Fsp3) is 0.500. The van der Waals surface area contributed by atoms with Gasteiger partial charge in [-0.2, -0.15) is 0 Å². The topological polar surface area (TPSA) is 12.5 Å². The minimum absolute atomic E-state index is 0.212. The molecule has 0 heterocycles. The summed E-state index contributed by atoms with van der Waals surface area (Å²) in [5, 5.41) is 0. The minimum atomic E-state index is -0.212. The first kappa shape index (κ1) is 13.6. The van der Waals surface area contributed by atoms with Gasteiger partial charge in [-0.05, 0) is 41.5 Å². The van der Waals surface area contributed by atoms with Crippen LogP contribution in [0, 0.1) is 5.82 Å². The van der Waals surface area contributed by atoms with Crippen LogP contribution in [-0.2, 0) is 11.3 Å². The minimum Gasteiger partial charge on any atom is -0.380 e.